The number of benzene rings is 2. The SMILES string of the molecule is COc1ccc(CCNCc2cc(OC)c(OC)cc2Cl)cc1OC. The Morgan fingerprint density at radius 3 is 2.04 bits per heavy atom. The predicted molar refractivity (Wildman–Crippen MR) is 99.5 cm³/mol. The van der Waals surface area contributed by atoms with Gasteiger partial charge in [-0.15, -0.1) is 0 Å². The molecule has 1 N–H and O–H groups in total. The van der Waals surface area contributed by atoms with Crippen LogP contribution in [-0.2, 0) is 13.0 Å². The number of rotatable bonds is 9. The van der Waals surface area contributed by atoms with Gasteiger partial charge < -0.3 is 24.3 Å². The van der Waals surface area contributed by atoms with E-state index in [0.29, 0.717) is 23.1 Å². The van der Waals surface area contributed by atoms with Gasteiger partial charge in [0.05, 0.1) is 28.4 Å². The van der Waals surface area contributed by atoms with Gasteiger partial charge in [-0.3, -0.25) is 0 Å². The highest BCUT2D eigenvalue weighted by atomic mass is 35.5. The highest BCUT2D eigenvalue weighted by Crippen LogP contribution is 2.33. The average molecular weight is 366 g/mol. The van der Waals surface area contributed by atoms with Crippen LogP contribution in [0.15, 0.2) is 30.3 Å². The number of hydrogen-bond acceptors (Lipinski definition) is 5. The maximum Gasteiger partial charge on any atom is 0.162 e. The Morgan fingerprint density at radius 1 is 0.800 bits per heavy atom. The lowest BCUT2D eigenvalue weighted by atomic mass is 10.1. The number of nitrogens with one attached hydrogen (secondary N) is 1. The van der Waals surface area contributed by atoms with Crippen molar-refractivity contribution in [2.24, 2.45) is 0 Å². The summed E-state index contributed by atoms with van der Waals surface area (Å²) in [4.78, 5) is 0. The molecule has 0 spiro atoms. The van der Waals surface area contributed by atoms with Gasteiger partial charge in [-0.2, -0.15) is 0 Å². The Hall–Kier alpha value is -2.11. The smallest absolute Gasteiger partial charge is 0.162 e. The molecule has 0 aromatic heterocycles. The van der Waals surface area contributed by atoms with Crippen molar-refractivity contribution < 1.29 is 18.9 Å². The highest BCUT2D eigenvalue weighted by molar-refractivity contribution is 6.31. The number of ether oxygens (including phenoxy) is 4. The van der Waals surface area contributed by atoms with Crippen molar-refractivity contribution in [2.45, 2.75) is 13.0 Å². The third kappa shape index (κ3) is 4.94. The Bertz CT molecular complexity index is 706. The molecule has 0 heterocycles. The second-order valence-corrected chi connectivity index (χ2v) is 5.82. The third-order valence-electron chi connectivity index (χ3n) is 3.91. The zero-order valence-electron chi connectivity index (χ0n) is 15.0. The van der Waals surface area contributed by atoms with Gasteiger partial charge in [-0.1, -0.05) is 17.7 Å². The van der Waals surface area contributed by atoms with Crippen LogP contribution < -0.4 is 24.3 Å². The van der Waals surface area contributed by atoms with Gasteiger partial charge in [-0.05, 0) is 42.3 Å². The molecule has 0 amide bonds. The minimum absolute atomic E-state index is 0.626. The molecule has 0 aliphatic heterocycles. The second kappa shape index (κ2) is 9.39. The van der Waals surface area contributed by atoms with Crippen molar-refractivity contribution in [1.82, 2.24) is 5.32 Å². The van der Waals surface area contributed by atoms with E-state index < -0.39 is 0 Å². The first kappa shape index (κ1) is 19.2. The Kier molecular flexibility index (Phi) is 7.22. The summed E-state index contributed by atoms with van der Waals surface area (Å²) in [6.07, 6.45) is 0.866. The van der Waals surface area contributed by atoms with Crippen LogP contribution >= 0.6 is 11.6 Å². The molecule has 2 rings (SSSR count). The normalized spacial score (nSPS) is 10.4. The molecule has 0 saturated carbocycles. The molecular weight excluding hydrogens is 342 g/mol. The first-order valence-corrected chi connectivity index (χ1v) is 8.32. The van der Waals surface area contributed by atoms with Crippen molar-refractivity contribution >= 4 is 11.6 Å². The molecule has 6 heteroatoms. The lowest BCUT2D eigenvalue weighted by Crippen LogP contribution is -2.17. The van der Waals surface area contributed by atoms with Crippen LogP contribution in [-0.4, -0.2) is 35.0 Å². The van der Waals surface area contributed by atoms with E-state index in [1.165, 1.54) is 5.56 Å². The molecule has 0 unspecified atom stereocenters. The number of hydrogen-bond donors (Lipinski definition) is 1. The average Bonchev–Trinajstić information content (AvgIpc) is 2.65. The summed E-state index contributed by atoms with van der Waals surface area (Å²) in [6.45, 7) is 1.45. The van der Waals surface area contributed by atoms with Gasteiger partial charge >= 0.3 is 0 Å². The van der Waals surface area contributed by atoms with E-state index in [4.69, 9.17) is 30.5 Å². The van der Waals surface area contributed by atoms with E-state index in [1.54, 1.807) is 34.5 Å². The van der Waals surface area contributed by atoms with Crippen LogP contribution in [0.25, 0.3) is 0 Å². The van der Waals surface area contributed by atoms with Crippen molar-refractivity contribution in [3.63, 3.8) is 0 Å². The quantitative estimate of drug-likeness (QED) is 0.686. The predicted octanol–water partition coefficient (Wildman–Crippen LogP) is 3.71. The van der Waals surface area contributed by atoms with E-state index >= 15 is 0 Å². The molecule has 0 aliphatic carbocycles. The molecule has 2 aromatic rings. The first-order chi connectivity index (χ1) is 12.1. The van der Waals surface area contributed by atoms with E-state index in [1.807, 2.05) is 24.3 Å². The summed E-state index contributed by atoms with van der Waals surface area (Å²) >= 11 is 6.30. The Labute approximate surface area is 153 Å². The van der Waals surface area contributed by atoms with Gasteiger partial charge in [-0.25, -0.2) is 0 Å². The van der Waals surface area contributed by atoms with Gasteiger partial charge in [0.15, 0.2) is 23.0 Å². The molecule has 0 fully saturated rings. The van der Waals surface area contributed by atoms with Crippen LogP contribution in [0, 0.1) is 0 Å². The minimum atomic E-state index is 0.626. The Morgan fingerprint density at radius 2 is 1.40 bits per heavy atom. The highest BCUT2D eigenvalue weighted by Gasteiger charge is 2.10. The molecule has 2 aromatic carbocycles. The van der Waals surface area contributed by atoms with Gasteiger partial charge in [0, 0.05) is 17.6 Å². The van der Waals surface area contributed by atoms with Crippen molar-refractivity contribution in [1.29, 1.82) is 0 Å². The number of halogens is 1. The Balaban J connectivity index is 1.93. The molecule has 0 saturated heterocycles. The minimum Gasteiger partial charge on any atom is -0.493 e. The standard InChI is InChI=1S/C19H24ClNO4/c1-22-16-6-5-13(9-17(16)23-2)7-8-21-12-14-10-18(24-3)19(25-4)11-15(14)20/h5-6,9-11,21H,7-8,12H2,1-4H3. The van der Waals surface area contributed by atoms with Crippen molar-refractivity contribution in [2.75, 3.05) is 35.0 Å². The zero-order chi connectivity index (χ0) is 18.2. The van der Waals surface area contributed by atoms with Crippen molar-refractivity contribution in [3.05, 3.63) is 46.5 Å². The van der Waals surface area contributed by atoms with Crippen LogP contribution in [0.4, 0.5) is 0 Å². The van der Waals surface area contributed by atoms with Crippen LogP contribution in [0.5, 0.6) is 23.0 Å². The largest absolute Gasteiger partial charge is 0.493 e. The molecular formula is C19H24ClNO4. The summed E-state index contributed by atoms with van der Waals surface area (Å²) in [7, 11) is 6.47. The maximum absolute atomic E-state index is 6.30. The first-order valence-electron chi connectivity index (χ1n) is 7.95. The third-order valence-corrected chi connectivity index (χ3v) is 4.26. The van der Waals surface area contributed by atoms with Crippen LogP contribution in [0.2, 0.25) is 5.02 Å². The topological polar surface area (TPSA) is 49.0 Å². The summed E-state index contributed by atoms with van der Waals surface area (Å²) in [6, 6.07) is 9.60. The second-order valence-electron chi connectivity index (χ2n) is 5.41. The van der Waals surface area contributed by atoms with E-state index in [9.17, 15) is 0 Å². The van der Waals surface area contributed by atoms with Crippen LogP contribution in [0.3, 0.4) is 0 Å². The van der Waals surface area contributed by atoms with Crippen LogP contribution in [0.1, 0.15) is 11.1 Å². The fourth-order valence-electron chi connectivity index (χ4n) is 2.52. The van der Waals surface area contributed by atoms with Crippen molar-refractivity contribution in [3.8, 4) is 23.0 Å². The molecule has 0 aliphatic rings. The summed E-state index contributed by atoms with van der Waals surface area (Å²) in [5.41, 5.74) is 2.13. The monoisotopic (exact) mass is 365 g/mol. The summed E-state index contributed by atoms with van der Waals surface area (Å²) in [5.74, 6) is 2.77. The summed E-state index contributed by atoms with van der Waals surface area (Å²) < 4.78 is 21.1. The lowest BCUT2D eigenvalue weighted by molar-refractivity contribution is 0.354. The van der Waals surface area contributed by atoms with E-state index in [2.05, 4.69) is 5.32 Å². The molecule has 0 radical (unpaired) electrons. The molecule has 25 heavy (non-hydrogen) atoms. The fourth-order valence-corrected chi connectivity index (χ4v) is 2.74. The molecule has 136 valence electrons. The maximum atomic E-state index is 6.30. The number of methoxy groups -OCH3 is 4. The summed E-state index contributed by atoms with van der Waals surface area (Å²) in [5, 5.41) is 4.04. The fraction of sp³-hybridized carbons (Fsp3) is 0.368. The lowest BCUT2D eigenvalue weighted by Gasteiger charge is -2.13. The van der Waals surface area contributed by atoms with Gasteiger partial charge in [0.25, 0.3) is 0 Å². The van der Waals surface area contributed by atoms with Gasteiger partial charge in [0.2, 0.25) is 0 Å². The van der Waals surface area contributed by atoms with E-state index in [-0.39, 0.29) is 0 Å². The zero-order valence-corrected chi connectivity index (χ0v) is 15.8. The molecule has 5 nitrogen and oxygen atoms in total. The van der Waals surface area contributed by atoms with Gasteiger partial charge in [0.1, 0.15) is 0 Å². The molecule has 0 bridgehead atoms. The molecule has 0 atom stereocenters. The van der Waals surface area contributed by atoms with E-state index in [0.717, 1.165) is 30.0 Å².